The van der Waals surface area contributed by atoms with E-state index in [0.29, 0.717) is 18.8 Å². The van der Waals surface area contributed by atoms with E-state index in [1.807, 2.05) is 19.9 Å². The Morgan fingerprint density at radius 1 is 1.35 bits per heavy atom. The van der Waals surface area contributed by atoms with E-state index in [4.69, 9.17) is 4.42 Å². The van der Waals surface area contributed by atoms with Gasteiger partial charge in [-0.25, -0.2) is 4.79 Å². The second-order valence-electron chi connectivity index (χ2n) is 7.56. The molecule has 0 radical (unpaired) electrons. The number of nitrogens with zero attached hydrogens (tertiary/aromatic N) is 2. The molecule has 0 aromatic carbocycles. The van der Waals surface area contributed by atoms with Gasteiger partial charge in [0.2, 0.25) is 0 Å². The lowest BCUT2D eigenvalue weighted by molar-refractivity contribution is 0.0642. The average molecular weight is 359 g/mol. The fourth-order valence-corrected chi connectivity index (χ4v) is 3.83. The third kappa shape index (κ3) is 4.24. The summed E-state index contributed by atoms with van der Waals surface area (Å²) in [5.41, 5.74) is 1.52. The molecule has 142 valence electrons. The average Bonchev–Trinajstić information content (AvgIpc) is 2.62. The van der Waals surface area contributed by atoms with E-state index in [2.05, 4.69) is 16.8 Å². The van der Waals surface area contributed by atoms with Crippen LogP contribution in [0.1, 0.15) is 47.4 Å². The van der Waals surface area contributed by atoms with Gasteiger partial charge in [-0.3, -0.25) is 9.69 Å². The van der Waals surface area contributed by atoms with E-state index >= 15 is 0 Å². The van der Waals surface area contributed by atoms with Crippen LogP contribution in [0.15, 0.2) is 27.4 Å². The topological polar surface area (TPSA) is 65.8 Å². The van der Waals surface area contributed by atoms with Gasteiger partial charge in [-0.1, -0.05) is 12.2 Å². The van der Waals surface area contributed by atoms with Crippen molar-refractivity contribution in [3.05, 3.63) is 45.5 Å². The zero-order valence-corrected chi connectivity index (χ0v) is 15.8. The monoisotopic (exact) mass is 359 g/mol. The maximum absolute atomic E-state index is 12.9. The molecule has 2 aliphatic rings. The lowest BCUT2D eigenvalue weighted by Crippen LogP contribution is -2.49. The Hall–Kier alpha value is -1.92. The van der Waals surface area contributed by atoms with Gasteiger partial charge in [-0.15, -0.1) is 0 Å². The number of carbonyl (C=O) groups is 1. The number of piperidine rings is 1. The number of piperazine rings is 1. The third-order valence-corrected chi connectivity index (χ3v) is 5.23. The molecule has 1 amide bonds. The minimum atomic E-state index is -0.500. The predicted octanol–water partition coefficient (Wildman–Crippen LogP) is 1.75. The number of rotatable bonds is 4. The van der Waals surface area contributed by atoms with Crippen LogP contribution in [0.4, 0.5) is 0 Å². The molecule has 6 heteroatoms. The van der Waals surface area contributed by atoms with E-state index in [9.17, 15) is 9.59 Å². The molecule has 0 aliphatic carbocycles. The number of amides is 1. The number of hydrogen-bond donors (Lipinski definition) is 1. The molecule has 2 saturated heterocycles. The lowest BCUT2D eigenvalue weighted by Gasteiger charge is -2.34. The summed E-state index contributed by atoms with van der Waals surface area (Å²) < 4.78 is 5.55. The lowest BCUT2D eigenvalue weighted by atomic mass is 9.95. The van der Waals surface area contributed by atoms with Crippen LogP contribution in [-0.2, 0) is 0 Å². The summed E-state index contributed by atoms with van der Waals surface area (Å²) in [5.74, 6) is 0.701. The van der Waals surface area contributed by atoms with Crippen molar-refractivity contribution in [2.75, 3.05) is 45.8 Å². The van der Waals surface area contributed by atoms with Crippen molar-refractivity contribution in [1.29, 1.82) is 0 Å². The minimum Gasteiger partial charge on any atom is -0.427 e. The van der Waals surface area contributed by atoms with Gasteiger partial charge in [-0.05, 0) is 44.9 Å². The van der Waals surface area contributed by atoms with Crippen molar-refractivity contribution in [2.45, 2.75) is 32.6 Å². The number of hydrogen-bond acceptors (Lipinski definition) is 5. The molecule has 3 rings (SSSR count). The summed E-state index contributed by atoms with van der Waals surface area (Å²) in [6.45, 7) is 13.3. The fraction of sp³-hybridized carbons (Fsp3) is 0.600. The van der Waals surface area contributed by atoms with Crippen LogP contribution in [0.5, 0.6) is 0 Å². The Balaban J connectivity index is 1.72. The molecule has 1 aromatic heterocycles. The molecule has 2 aliphatic heterocycles. The summed E-state index contributed by atoms with van der Waals surface area (Å²) in [6.07, 6.45) is 2.08. The van der Waals surface area contributed by atoms with Crippen LogP contribution in [0.2, 0.25) is 0 Å². The van der Waals surface area contributed by atoms with Gasteiger partial charge in [0, 0.05) is 45.2 Å². The number of nitrogens with one attached hydrogen (secondary N) is 1. The van der Waals surface area contributed by atoms with E-state index < -0.39 is 5.63 Å². The highest BCUT2D eigenvalue weighted by molar-refractivity contribution is 5.95. The molecular formula is C20H29N3O3. The SMILES string of the molecule is C=C(C)CN1CCN(C(=O)c2c(C)cc(C3CCCNC3)oc2=O)CC1. The first-order chi connectivity index (χ1) is 12.5. The van der Waals surface area contributed by atoms with Gasteiger partial charge in [0.05, 0.1) is 0 Å². The molecule has 0 spiro atoms. The molecule has 26 heavy (non-hydrogen) atoms. The largest absolute Gasteiger partial charge is 0.427 e. The smallest absolute Gasteiger partial charge is 0.349 e. The van der Waals surface area contributed by atoms with Crippen molar-refractivity contribution in [2.24, 2.45) is 0 Å². The van der Waals surface area contributed by atoms with Gasteiger partial charge in [-0.2, -0.15) is 0 Å². The van der Waals surface area contributed by atoms with Crippen LogP contribution in [0, 0.1) is 6.92 Å². The Bertz CT molecular complexity index is 726. The standard InChI is InChI=1S/C20H29N3O3/c1-14(2)13-22-7-9-23(10-8-22)19(24)18-15(3)11-17(26-20(18)25)16-5-4-6-21-12-16/h11,16,21H,1,4-10,12-13H2,2-3H3. The van der Waals surface area contributed by atoms with Gasteiger partial charge >= 0.3 is 5.63 Å². The van der Waals surface area contributed by atoms with Gasteiger partial charge < -0.3 is 14.6 Å². The van der Waals surface area contributed by atoms with Crippen LogP contribution < -0.4 is 10.9 Å². The fourth-order valence-electron chi connectivity index (χ4n) is 3.83. The minimum absolute atomic E-state index is 0.186. The highest BCUT2D eigenvalue weighted by Crippen LogP contribution is 2.24. The summed E-state index contributed by atoms with van der Waals surface area (Å²) in [6, 6.07) is 1.88. The van der Waals surface area contributed by atoms with Crippen molar-refractivity contribution in [3.8, 4) is 0 Å². The normalized spacial score (nSPS) is 21.6. The first-order valence-electron chi connectivity index (χ1n) is 9.47. The maximum atomic E-state index is 12.9. The summed E-state index contributed by atoms with van der Waals surface area (Å²) in [5, 5.41) is 3.33. The predicted molar refractivity (Wildman–Crippen MR) is 102 cm³/mol. The van der Waals surface area contributed by atoms with E-state index in [1.54, 1.807) is 4.90 Å². The molecule has 2 fully saturated rings. The zero-order valence-electron chi connectivity index (χ0n) is 15.8. The van der Waals surface area contributed by atoms with Gasteiger partial charge in [0.25, 0.3) is 5.91 Å². The Kier molecular flexibility index (Phi) is 5.94. The highest BCUT2D eigenvalue weighted by Gasteiger charge is 2.27. The molecule has 3 heterocycles. The molecule has 0 saturated carbocycles. The quantitative estimate of drug-likeness (QED) is 0.830. The van der Waals surface area contributed by atoms with Gasteiger partial charge in [0.15, 0.2) is 0 Å². The molecule has 1 unspecified atom stereocenters. The Morgan fingerprint density at radius 2 is 2.08 bits per heavy atom. The van der Waals surface area contributed by atoms with E-state index in [0.717, 1.165) is 56.7 Å². The van der Waals surface area contributed by atoms with Crippen molar-refractivity contribution in [3.63, 3.8) is 0 Å². The first kappa shape index (κ1) is 18.9. The maximum Gasteiger partial charge on any atom is 0.349 e. The Labute approximate surface area is 154 Å². The molecule has 1 aromatic rings. The zero-order chi connectivity index (χ0) is 18.7. The molecule has 6 nitrogen and oxygen atoms in total. The van der Waals surface area contributed by atoms with Crippen LogP contribution >= 0.6 is 0 Å². The molecular weight excluding hydrogens is 330 g/mol. The van der Waals surface area contributed by atoms with Gasteiger partial charge in [0.1, 0.15) is 11.3 Å². The highest BCUT2D eigenvalue weighted by atomic mass is 16.4. The van der Waals surface area contributed by atoms with Crippen molar-refractivity contribution < 1.29 is 9.21 Å². The second kappa shape index (κ2) is 8.18. The number of aryl methyl sites for hydroxylation is 1. The summed E-state index contributed by atoms with van der Waals surface area (Å²) >= 11 is 0. The van der Waals surface area contributed by atoms with Crippen LogP contribution in [0.25, 0.3) is 0 Å². The second-order valence-corrected chi connectivity index (χ2v) is 7.56. The number of carbonyl (C=O) groups excluding carboxylic acids is 1. The molecule has 0 bridgehead atoms. The van der Waals surface area contributed by atoms with Crippen LogP contribution in [-0.4, -0.2) is 61.5 Å². The van der Waals surface area contributed by atoms with E-state index in [1.165, 1.54) is 0 Å². The van der Waals surface area contributed by atoms with Crippen molar-refractivity contribution in [1.82, 2.24) is 15.1 Å². The van der Waals surface area contributed by atoms with Crippen molar-refractivity contribution >= 4 is 5.91 Å². The Morgan fingerprint density at radius 3 is 2.65 bits per heavy atom. The molecule has 1 atom stereocenters. The molecule has 1 N–H and O–H groups in total. The third-order valence-electron chi connectivity index (χ3n) is 5.23. The first-order valence-corrected chi connectivity index (χ1v) is 9.47. The summed E-state index contributed by atoms with van der Waals surface area (Å²) in [7, 11) is 0. The van der Waals surface area contributed by atoms with E-state index in [-0.39, 0.29) is 17.4 Å². The summed E-state index contributed by atoms with van der Waals surface area (Å²) in [4.78, 5) is 29.5. The van der Waals surface area contributed by atoms with Crippen LogP contribution in [0.3, 0.4) is 0 Å².